The van der Waals surface area contributed by atoms with E-state index in [0.29, 0.717) is 6.54 Å². The second kappa shape index (κ2) is 5.86. The lowest BCUT2D eigenvalue weighted by molar-refractivity contribution is -0.384. The fraction of sp³-hybridized carbons (Fsp3) is 0.231. The van der Waals surface area contributed by atoms with Crippen molar-refractivity contribution in [3.63, 3.8) is 0 Å². The Morgan fingerprint density at radius 2 is 2.26 bits per heavy atom. The maximum atomic E-state index is 10.8. The van der Waals surface area contributed by atoms with Gasteiger partial charge in [0.2, 0.25) is 0 Å². The number of nitro groups is 1. The van der Waals surface area contributed by atoms with Crippen molar-refractivity contribution >= 4 is 17.3 Å². The van der Waals surface area contributed by atoms with Gasteiger partial charge in [-0.3, -0.25) is 10.1 Å². The van der Waals surface area contributed by atoms with E-state index in [1.54, 1.807) is 12.3 Å². The summed E-state index contributed by atoms with van der Waals surface area (Å²) in [6.45, 7) is 2.46. The number of hydrogen-bond acceptors (Lipinski definition) is 4. The minimum absolute atomic E-state index is 0.0322. The van der Waals surface area contributed by atoms with E-state index < -0.39 is 4.92 Å². The third-order valence-electron chi connectivity index (χ3n) is 2.79. The molecule has 2 rings (SSSR count). The van der Waals surface area contributed by atoms with Crippen LogP contribution >= 0.6 is 11.6 Å². The summed E-state index contributed by atoms with van der Waals surface area (Å²) in [6, 6.07) is 8.50. The second-order valence-electron chi connectivity index (χ2n) is 4.16. The number of nitrogens with one attached hydrogen (secondary N) is 1. The molecule has 0 amide bonds. The van der Waals surface area contributed by atoms with E-state index >= 15 is 0 Å². The summed E-state index contributed by atoms with van der Waals surface area (Å²) in [5, 5.41) is 14.2. The molecule has 0 aliphatic heterocycles. The topological polar surface area (TPSA) is 68.3 Å². The van der Waals surface area contributed by atoms with Crippen LogP contribution in [0.3, 0.4) is 0 Å². The molecule has 19 heavy (non-hydrogen) atoms. The number of halogens is 1. The number of hydrogen-bond donors (Lipinski definition) is 1. The third kappa shape index (κ3) is 3.33. The van der Waals surface area contributed by atoms with Gasteiger partial charge in [-0.2, -0.15) is 0 Å². The summed E-state index contributed by atoms with van der Waals surface area (Å²) < 4.78 is 5.27. The fourth-order valence-electron chi connectivity index (χ4n) is 1.72. The molecular weight excluding hydrogens is 268 g/mol. The molecule has 100 valence electrons. The van der Waals surface area contributed by atoms with Gasteiger partial charge in [-0.1, -0.05) is 17.7 Å². The van der Waals surface area contributed by atoms with Gasteiger partial charge in [-0.25, -0.2) is 0 Å². The van der Waals surface area contributed by atoms with E-state index in [-0.39, 0.29) is 16.8 Å². The zero-order valence-corrected chi connectivity index (χ0v) is 11.1. The molecule has 1 atom stereocenters. The quantitative estimate of drug-likeness (QED) is 0.670. The standard InChI is InChI=1S/C13H13ClN2O3/c1-9(13-3-2-6-19-13)15-8-10-4-5-11(14)12(7-10)16(17)18/h2-7,9,15H,8H2,1H3/t9-/m1/s1. The summed E-state index contributed by atoms with van der Waals surface area (Å²) >= 11 is 5.76. The highest BCUT2D eigenvalue weighted by atomic mass is 35.5. The summed E-state index contributed by atoms with van der Waals surface area (Å²) in [5.41, 5.74) is 0.723. The van der Waals surface area contributed by atoms with E-state index in [2.05, 4.69) is 5.32 Å². The zero-order chi connectivity index (χ0) is 13.8. The fourth-order valence-corrected chi connectivity index (χ4v) is 1.90. The molecule has 1 heterocycles. The molecule has 0 aliphatic carbocycles. The number of benzene rings is 1. The first-order valence-corrected chi connectivity index (χ1v) is 6.15. The summed E-state index contributed by atoms with van der Waals surface area (Å²) in [5.74, 6) is 0.823. The van der Waals surface area contributed by atoms with E-state index in [9.17, 15) is 10.1 Å². The molecule has 0 radical (unpaired) electrons. The van der Waals surface area contributed by atoms with E-state index in [1.165, 1.54) is 12.1 Å². The minimum atomic E-state index is -0.484. The molecule has 0 aliphatic rings. The molecular formula is C13H13ClN2O3. The van der Waals surface area contributed by atoms with Crippen LogP contribution in [0.15, 0.2) is 41.0 Å². The van der Waals surface area contributed by atoms with Gasteiger partial charge in [0, 0.05) is 12.6 Å². The number of nitrogens with zero attached hydrogens (tertiary/aromatic N) is 1. The SMILES string of the molecule is C[C@@H](NCc1ccc(Cl)c([N+](=O)[O-])c1)c1ccco1. The van der Waals surface area contributed by atoms with Crippen molar-refractivity contribution in [1.82, 2.24) is 5.32 Å². The van der Waals surface area contributed by atoms with Crippen LogP contribution in [0.5, 0.6) is 0 Å². The molecule has 2 aromatic rings. The third-order valence-corrected chi connectivity index (χ3v) is 3.11. The van der Waals surface area contributed by atoms with Gasteiger partial charge < -0.3 is 9.73 Å². The first-order chi connectivity index (χ1) is 9.08. The monoisotopic (exact) mass is 280 g/mol. The smallest absolute Gasteiger partial charge is 0.288 e. The maximum absolute atomic E-state index is 10.8. The van der Waals surface area contributed by atoms with Crippen LogP contribution in [0.1, 0.15) is 24.3 Å². The summed E-state index contributed by atoms with van der Waals surface area (Å²) in [4.78, 5) is 10.3. The van der Waals surface area contributed by atoms with Crippen LogP contribution in [0.25, 0.3) is 0 Å². The Kier molecular flexibility index (Phi) is 4.19. The molecule has 0 unspecified atom stereocenters. The molecule has 0 bridgehead atoms. The van der Waals surface area contributed by atoms with Crippen molar-refractivity contribution in [2.45, 2.75) is 19.5 Å². The first kappa shape index (κ1) is 13.6. The predicted molar refractivity (Wildman–Crippen MR) is 72.1 cm³/mol. The Bertz CT molecular complexity index is 569. The average Bonchev–Trinajstić information content (AvgIpc) is 2.91. The first-order valence-electron chi connectivity index (χ1n) is 5.77. The van der Waals surface area contributed by atoms with Crippen LogP contribution in [0, 0.1) is 10.1 Å². The Morgan fingerprint density at radius 3 is 2.89 bits per heavy atom. The van der Waals surface area contributed by atoms with E-state index in [0.717, 1.165) is 11.3 Å². The van der Waals surface area contributed by atoms with Gasteiger partial charge in [-0.05, 0) is 30.7 Å². The lowest BCUT2D eigenvalue weighted by Crippen LogP contribution is -2.17. The van der Waals surface area contributed by atoms with Crippen LogP contribution in [-0.4, -0.2) is 4.92 Å². The number of nitro benzene ring substituents is 1. The molecule has 1 aromatic carbocycles. The van der Waals surface area contributed by atoms with Gasteiger partial charge in [0.1, 0.15) is 10.8 Å². The van der Waals surface area contributed by atoms with Gasteiger partial charge in [0.25, 0.3) is 5.69 Å². The summed E-state index contributed by atoms with van der Waals surface area (Å²) in [6.07, 6.45) is 1.61. The Morgan fingerprint density at radius 1 is 1.47 bits per heavy atom. The van der Waals surface area contributed by atoms with Gasteiger partial charge >= 0.3 is 0 Å². The summed E-state index contributed by atoms with van der Waals surface area (Å²) in [7, 11) is 0. The lowest BCUT2D eigenvalue weighted by atomic mass is 10.2. The van der Waals surface area contributed by atoms with Crippen LogP contribution < -0.4 is 5.32 Å². The van der Waals surface area contributed by atoms with Crippen molar-refractivity contribution in [2.24, 2.45) is 0 Å². The van der Waals surface area contributed by atoms with Crippen LogP contribution in [0.2, 0.25) is 5.02 Å². The van der Waals surface area contributed by atoms with Crippen LogP contribution in [-0.2, 0) is 6.54 Å². The molecule has 0 saturated carbocycles. The van der Waals surface area contributed by atoms with Crippen molar-refractivity contribution in [2.75, 3.05) is 0 Å². The number of furan rings is 1. The Balaban J connectivity index is 2.04. The molecule has 6 heteroatoms. The van der Waals surface area contributed by atoms with Crippen molar-refractivity contribution in [3.05, 3.63) is 63.1 Å². The van der Waals surface area contributed by atoms with Crippen LogP contribution in [0.4, 0.5) is 5.69 Å². The van der Waals surface area contributed by atoms with Gasteiger partial charge in [-0.15, -0.1) is 0 Å². The van der Waals surface area contributed by atoms with E-state index in [4.69, 9.17) is 16.0 Å². The lowest BCUT2D eigenvalue weighted by Gasteiger charge is -2.11. The van der Waals surface area contributed by atoms with Gasteiger partial charge in [0.05, 0.1) is 17.2 Å². The second-order valence-corrected chi connectivity index (χ2v) is 4.57. The van der Waals surface area contributed by atoms with Crippen molar-refractivity contribution in [1.29, 1.82) is 0 Å². The highest BCUT2D eigenvalue weighted by Gasteiger charge is 2.13. The molecule has 1 aromatic heterocycles. The normalized spacial score (nSPS) is 12.3. The highest BCUT2D eigenvalue weighted by molar-refractivity contribution is 6.32. The zero-order valence-electron chi connectivity index (χ0n) is 10.3. The molecule has 0 spiro atoms. The average molecular weight is 281 g/mol. The maximum Gasteiger partial charge on any atom is 0.288 e. The largest absolute Gasteiger partial charge is 0.468 e. The Hall–Kier alpha value is -1.85. The van der Waals surface area contributed by atoms with Gasteiger partial charge in [0.15, 0.2) is 0 Å². The van der Waals surface area contributed by atoms with Crippen molar-refractivity contribution in [3.8, 4) is 0 Å². The predicted octanol–water partition coefficient (Wildman–Crippen LogP) is 3.69. The number of rotatable bonds is 5. The molecule has 0 saturated heterocycles. The van der Waals surface area contributed by atoms with E-state index in [1.807, 2.05) is 19.1 Å². The van der Waals surface area contributed by atoms with Crippen molar-refractivity contribution < 1.29 is 9.34 Å². The molecule has 5 nitrogen and oxygen atoms in total. The minimum Gasteiger partial charge on any atom is -0.468 e. The Labute approximate surface area is 115 Å². The molecule has 1 N–H and O–H groups in total. The molecule has 0 fully saturated rings. The highest BCUT2D eigenvalue weighted by Crippen LogP contribution is 2.25.